The highest BCUT2D eigenvalue weighted by Gasteiger charge is 2.43. The van der Waals surface area contributed by atoms with E-state index in [2.05, 4.69) is 11.4 Å². The van der Waals surface area contributed by atoms with Gasteiger partial charge in [-0.15, -0.1) is 0 Å². The maximum Gasteiger partial charge on any atom is 0.223 e. The molecule has 0 aromatic rings. The molecule has 0 bridgehead atoms. The van der Waals surface area contributed by atoms with E-state index in [1.54, 1.807) is 11.8 Å². The highest BCUT2D eigenvalue weighted by atomic mass is 16.2. The molecule has 3 N–H and O–H groups in total. The summed E-state index contributed by atoms with van der Waals surface area (Å²) < 4.78 is 0. The highest BCUT2D eigenvalue weighted by Crippen LogP contribution is 2.29. The van der Waals surface area contributed by atoms with Crippen molar-refractivity contribution in [3.8, 4) is 6.07 Å². The molecule has 6 heteroatoms. The number of hydrogen-bond acceptors (Lipinski definition) is 4. The number of nitrogens with two attached hydrogens (primary N) is 1. The minimum Gasteiger partial charge on any atom is -0.369 e. The lowest BCUT2D eigenvalue weighted by Crippen LogP contribution is -2.55. The minimum atomic E-state index is -0.840. The molecule has 0 radical (unpaired) electrons. The molecule has 134 valence electrons. The van der Waals surface area contributed by atoms with E-state index in [0.29, 0.717) is 31.8 Å². The fourth-order valence-electron chi connectivity index (χ4n) is 3.88. The fourth-order valence-corrected chi connectivity index (χ4v) is 3.88. The molecule has 6 nitrogen and oxygen atoms in total. The van der Waals surface area contributed by atoms with E-state index in [4.69, 9.17) is 5.73 Å². The fraction of sp³-hybridized carbons (Fsp3) is 0.833. The predicted octanol–water partition coefficient (Wildman–Crippen LogP) is 1.55. The molecular weight excluding hydrogens is 304 g/mol. The van der Waals surface area contributed by atoms with Crippen molar-refractivity contribution in [2.45, 2.75) is 63.8 Å². The molecule has 2 unspecified atom stereocenters. The standard InChI is InChI=1S/C18H30N4O2/c1-14(17(20)24)11-22(18(12-19)9-10-21-13-18)16(23)8-7-15-5-3-2-4-6-15/h14-15,21H,2-11,13H2,1H3,(H2,20,24). The third-order valence-electron chi connectivity index (χ3n) is 5.59. The maximum atomic E-state index is 12.9. The highest BCUT2D eigenvalue weighted by molar-refractivity contribution is 5.80. The Hall–Kier alpha value is -1.61. The molecule has 2 amide bonds. The van der Waals surface area contributed by atoms with Crippen LogP contribution in [0.1, 0.15) is 58.3 Å². The van der Waals surface area contributed by atoms with Crippen LogP contribution in [0.2, 0.25) is 0 Å². The van der Waals surface area contributed by atoms with Gasteiger partial charge in [0.15, 0.2) is 0 Å². The molecule has 2 atom stereocenters. The minimum absolute atomic E-state index is 0.0149. The summed E-state index contributed by atoms with van der Waals surface area (Å²) >= 11 is 0. The summed E-state index contributed by atoms with van der Waals surface area (Å²) in [5.41, 5.74) is 4.54. The summed E-state index contributed by atoms with van der Waals surface area (Å²) in [6.45, 7) is 3.13. The van der Waals surface area contributed by atoms with Crippen molar-refractivity contribution in [3.63, 3.8) is 0 Å². The number of nitrogens with one attached hydrogen (secondary N) is 1. The predicted molar refractivity (Wildman–Crippen MR) is 91.7 cm³/mol. The van der Waals surface area contributed by atoms with Crippen molar-refractivity contribution in [2.24, 2.45) is 17.6 Å². The summed E-state index contributed by atoms with van der Waals surface area (Å²) in [5.74, 6) is -0.273. The zero-order chi connectivity index (χ0) is 17.6. The van der Waals surface area contributed by atoms with Crippen molar-refractivity contribution in [3.05, 3.63) is 0 Å². The summed E-state index contributed by atoms with van der Waals surface area (Å²) in [4.78, 5) is 26.0. The number of nitrogens with zero attached hydrogens (tertiary/aromatic N) is 2. The summed E-state index contributed by atoms with van der Waals surface area (Å²) in [6, 6.07) is 2.33. The van der Waals surface area contributed by atoms with Gasteiger partial charge in [0, 0.05) is 19.5 Å². The number of nitriles is 1. The Morgan fingerprint density at radius 1 is 1.38 bits per heavy atom. The number of amides is 2. The van der Waals surface area contributed by atoms with Gasteiger partial charge < -0.3 is 16.0 Å². The van der Waals surface area contributed by atoms with E-state index >= 15 is 0 Å². The van der Waals surface area contributed by atoms with E-state index in [1.807, 2.05) is 0 Å². The first-order chi connectivity index (χ1) is 11.5. The van der Waals surface area contributed by atoms with Crippen LogP contribution in [0.3, 0.4) is 0 Å². The number of rotatable bonds is 7. The summed E-state index contributed by atoms with van der Waals surface area (Å²) in [6.07, 6.45) is 8.17. The molecule has 1 saturated heterocycles. The van der Waals surface area contributed by atoms with Crippen LogP contribution in [-0.4, -0.2) is 41.9 Å². The average Bonchev–Trinajstić information content (AvgIpc) is 3.08. The number of primary amides is 1. The Labute approximate surface area is 144 Å². The normalized spacial score (nSPS) is 25.8. The van der Waals surface area contributed by atoms with Crippen molar-refractivity contribution in [1.29, 1.82) is 5.26 Å². The van der Waals surface area contributed by atoms with Crippen molar-refractivity contribution in [1.82, 2.24) is 10.2 Å². The first-order valence-corrected chi connectivity index (χ1v) is 9.20. The van der Waals surface area contributed by atoms with Crippen molar-refractivity contribution >= 4 is 11.8 Å². The smallest absolute Gasteiger partial charge is 0.223 e. The van der Waals surface area contributed by atoms with Crippen molar-refractivity contribution in [2.75, 3.05) is 19.6 Å². The Morgan fingerprint density at radius 3 is 2.62 bits per heavy atom. The lowest BCUT2D eigenvalue weighted by atomic mass is 9.85. The molecule has 2 aliphatic rings. The molecule has 24 heavy (non-hydrogen) atoms. The van der Waals surface area contributed by atoms with Gasteiger partial charge in [0.1, 0.15) is 5.54 Å². The zero-order valence-corrected chi connectivity index (χ0v) is 14.7. The van der Waals surface area contributed by atoms with Crippen LogP contribution >= 0.6 is 0 Å². The monoisotopic (exact) mass is 334 g/mol. The molecule has 0 aromatic carbocycles. The van der Waals surface area contributed by atoms with Crippen LogP contribution in [0.25, 0.3) is 0 Å². The Balaban J connectivity index is 2.04. The van der Waals surface area contributed by atoms with E-state index in [0.717, 1.165) is 6.42 Å². The van der Waals surface area contributed by atoms with Crippen LogP contribution < -0.4 is 11.1 Å². The van der Waals surface area contributed by atoms with Crippen molar-refractivity contribution < 1.29 is 9.59 Å². The first-order valence-electron chi connectivity index (χ1n) is 9.20. The molecule has 0 spiro atoms. The van der Waals surface area contributed by atoms with Crippen LogP contribution in [0.5, 0.6) is 0 Å². The molecule has 1 heterocycles. The molecular formula is C18H30N4O2. The zero-order valence-electron chi connectivity index (χ0n) is 14.7. The largest absolute Gasteiger partial charge is 0.369 e. The topological polar surface area (TPSA) is 99.2 Å². The van der Waals surface area contributed by atoms with Gasteiger partial charge in [-0.1, -0.05) is 39.0 Å². The Kier molecular flexibility index (Phi) is 6.61. The van der Waals surface area contributed by atoms with E-state index in [-0.39, 0.29) is 12.5 Å². The third kappa shape index (κ3) is 4.47. The van der Waals surface area contributed by atoms with Crippen LogP contribution in [-0.2, 0) is 9.59 Å². The third-order valence-corrected chi connectivity index (χ3v) is 5.59. The number of carbonyl (C=O) groups is 2. The summed E-state index contributed by atoms with van der Waals surface area (Å²) in [7, 11) is 0. The van der Waals surface area contributed by atoms with E-state index < -0.39 is 17.4 Å². The Bertz CT molecular complexity index is 488. The number of carbonyl (C=O) groups excluding carboxylic acids is 2. The van der Waals surface area contributed by atoms with Gasteiger partial charge >= 0.3 is 0 Å². The SMILES string of the molecule is CC(CN(C(=O)CCC1CCCCC1)C1(C#N)CCNC1)C(N)=O. The lowest BCUT2D eigenvalue weighted by Gasteiger charge is -2.37. The molecule has 2 rings (SSSR count). The molecule has 0 aromatic heterocycles. The average molecular weight is 334 g/mol. The van der Waals surface area contributed by atoms with E-state index in [9.17, 15) is 14.9 Å². The van der Waals surface area contributed by atoms with Gasteiger partial charge in [-0.2, -0.15) is 5.26 Å². The van der Waals surface area contributed by atoms with Gasteiger partial charge in [0.05, 0.1) is 12.0 Å². The van der Waals surface area contributed by atoms with Crippen LogP contribution in [0.15, 0.2) is 0 Å². The van der Waals surface area contributed by atoms with Gasteiger partial charge in [0.2, 0.25) is 11.8 Å². The quantitative estimate of drug-likeness (QED) is 0.738. The number of hydrogen-bond donors (Lipinski definition) is 2. The molecule has 1 saturated carbocycles. The first kappa shape index (κ1) is 18.7. The second-order valence-corrected chi connectivity index (χ2v) is 7.42. The Morgan fingerprint density at radius 2 is 2.08 bits per heavy atom. The van der Waals surface area contributed by atoms with Gasteiger partial charge in [-0.05, 0) is 25.3 Å². The summed E-state index contributed by atoms with van der Waals surface area (Å²) in [5, 5.41) is 12.9. The maximum absolute atomic E-state index is 12.9. The van der Waals surface area contributed by atoms with Gasteiger partial charge in [-0.3, -0.25) is 9.59 Å². The lowest BCUT2D eigenvalue weighted by molar-refractivity contribution is -0.137. The van der Waals surface area contributed by atoms with E-state index in [1.165, 1.54) is 32.1 Å². The second-order valence-electron chi connectivity index (χ2n) is 7.42. The van der Waals surface area contributed by atoms with Crippen LogP contribution in [0, 0.1) is 23.2 Å². The van der Waals surface area contributed by atoms with Gasteiger partial charge in [-0.25, -0.2) is 0 Å². The van der Waals surface area contributed by atoms with Crippen LogP contribution in [0.4, 0.5) is 0 Å². The van der Waals surface area contributed by atoms with Gasteiger partial charge in [0.25, 0.3) is 0 Å². The molecule has 2 fully saturated rings. The molecule has 1 aliphatic heterocycles. The molecule has 1 aliphatic carbocycles. The second kappa shape index (κ2) is 8.48.